The molecule has 2 aliphatic rings. The summed E-state index contributed by atoms with van der Waals surface area (Å²) in [6.07, 6.45) is -0.253. The van der Waals surface area contributed by atoms with E-state index in [1.165, 1.54) is 0 Å². The van der Waals surface area contributed by atoms with Gasteiger partial charge in [0.15, 0.2) is 0 Å². The van der Waals surface area contributed by atoms with Gasteiger partial charge in [-0.1, -0.05) is 13.0 Å². The summed E-state index contributed by atoms with van der Waals surface area (Å²) in [5.74, 6) is 1.21. The molecule has 0 spiro atoms. The zero-order valence-electron chi connectivity index (χ0n) is 15.0. The first-order chi connectivity index (χ1) is 11.3. The standard InChI is InChI=1S/C18H27N3O3/c1-13-11-21(17(22)24-18(2,3)4)12-14-5-6-15(19-16(13)14)20-7-9-23-10-8-20/h5-6,13H,7-12H2,1-4H3/t13-/m0/s1. The molecule has 0 bridgehead atoms. The second-order valence-corrected chi connectivity index (χ2v) is 7.58. The average Bonchev–Trinajstić information content (AvgIpc) is 2.54. The second kappa shape index (κ2) is 6.59. The van der Waals surface area contributed by atoms with Crippen LogP contribution in [-0.2, 0) is 16.0 Å². The number of carbonyl (C=O) groups is 1. The maximum Gasteiger partial charge on any atom is 0.410 e. The van der Waals surface area contributed by atoms with Gasteiger partial charge in [-0.2, -0.15) is 0 Å². The maximum atomic E-state index is 12.3. The Morgan fingerprint density at radius 3 is 2.67 bits per heavy atom. The second-order valence-electron chi connectivity index (χ2n) is 7.58. The van der Waals surface area contributed by atoms with Gasteiger partial charge in [-0.25, -0.2) is 9.78 Å². The molecule has 2 aliphatic heterocycles. The van der Waals surface area contributed by atoms with Crippen LogP contribution in [0.1, 0.15) is 44.9 Å². The van der Waals surface area contributed by atoms with Crippen molar-refractivity contribution in [1.82, 2.24) is 9.88 Å². The van der Waals surface area contributed by atoms with Crippen LogP contribution < -0.4 is 4.90 Å². The molecule has 3 heterocycles. The molecule has 0 N–H and O–H groups in total. The molecule has 24 heavy (non-hydrogen) atoms. The third-order valence-electron chi connectivity index (χ3n) is 4.31. The third kappa shape index (κ3) is 3.80. The molecule has 1 amide bonds. The van der Waals surface area contributed by atoms with Crippen LogP contribution in [0.25, 0.3) is 0 Å². The summed E-state index contributed by atoms with van der Waals surface area (Å²) in [6.45, 7) is 12.3. The van der Waals surface area contributed by atoms with E-state index in [4.69, 9.17) is 14.5 Å². The Kier molecular flexibility index (Phi) is 4.67. The largest absolute Gasteiger partial charge is 0.444 e. The van der Waals surface area contributed by atoms with E-state index in [9.17, 15) is 4.79 Å². The quantitative estimate of drug-likeness (QED) is 0.791. The van der Waals surface area contributed by atoms with Gasteiger partial charge >= 0.3 is 6.09 Å². The summed E-state index contributed by atoms with van der Waals surface area (Å²) >= 11 is 0. The number of aromatic nitrogens is 1. The molecule has 0 aliphatic carbocycles. The average molecular weight is 333 g/mol. The molecule has 1 atom stereocenters. The molecule has 1 aromatic heterocycles. The van der Waals surface area contributed by atoms with E-state index in [-0.39, 0.29) is 12.0 Å². The normalized spacial score (nSPS) is 21.4. The third-order valence-corrected chi connectivity index (χ3v) is 4.31. The van der Waals surface area contributed by atoms with Crippen molar-refractivity contribution in [2.45, 2.75) is 45.8 Å². The first-order valence-electron chi connectivity index (χ1n) is 8.64. The van der Waals surface area contributed by atoms with E-state index in [0.717, 1.165) is 43.4 Å². The van der Waals surface area contributed by atoms with Crippen LogP contribution in [0.5, 0.6) is 0 Å². The fraction of sp³-hybridized carbons (Fsp3) is 0.667. The topological polar surface area (TPSA) is 54.9 Å². The highest BCUT2D eigenvalue weighted by atomic mass is 16.6. The molecule has 3 rings (SSSR count). The zero-order chi connectivity index (χ0) is 17.3. The minimum absolute atomic E-state index is 0.197. The molecule has 0 radical (unpaired) electrons. The summed E-state index contributed by atoms with van der Waals surface area (Å²) in [4.78, 5) is 21.3. The predicted molar refractivity (Wildman–Crippen MR) is 92.3 cm³/mol. The maximum absolute atomic E-state index is 12.3. The summed E-state index contributed by atoms with van der Waals surface area (Å²) < 4.78 is 10.9. The fourth-order valence-electron chi connectivity index (χ4n) is 3.17. The van der Waals surface area contributed by atoms with Crippen LogP contribution in [0.4, 0.5) is 10.6 Å². The first-order valence-corrected chi connectivity index (χ1v) is 8.64. The lowest BCUT2D eigenvalue weighted by atomic mass is 9.96. The van der Waals surface area contributed by atoms with E-state index in [2.05, 4.69) is 24.0 Å². The van der Waals surface area contributed by atoms with E-state index in [0.29, 0.717) is 13.1 Å². The molecule has 1 aromatic rings. The highest BCUT2D eigenvalue weighted by Gasteiger charge is 2.30. The van der Waals surface area contributed by atoms with E-state index in [1.807, 2.05) is 20.8 Å². The summed E-state index contributed by atoms with van der Waals surface area (Å²) in [7, 11) is 0. The van der Waals surface area contributed by atoms with Gasteiger partial charge in [0.05, 0.1) is 25.5 Å². The SMILES string of the molecule is C[C@H]1CN(C(=O)OC(C)(C)C)Cc2ccc(N3CCOCC3)nc21. The Bertz CT molecular complexity index is 606. The van der Waals surface area contributed by atoms with Crippen molar-refractivity contribution in [3.63, 3.8) is 0 Å². The number of hydrogen-bond donors (Lipinski definition) is 0. The van der Waals surface area contributed by atoms with Crippen LogP contribution in [0.2, 0.25) is 0 Å². The molecular weight excluding hydrogens is 306 g/mol. The van der Waals surface area contributed by atoms with Crippen LogP contribution in [0.3, 0.4) is 0 Å². The fourth-order valence-corrected chi connectivity index (χ4v) is 3.17. The van der Waals surface area contributed by atoms with Crippen LogP contribution in [0.15, 0.2) is 12.1 Å². The predicted octanol–water partition coefficient (Wildman–Crippen LogP) is 2.77. The van der Waals surface area contributed by atoms with Crippen LogP contribution in [-0.4, -0.2) is 54.4 Å². The minimum Gasteiger partial charge on any atom is -0.444 e. The summed E-state index contributed by atoms with van der Waals surface area (Å²) in [5, 5.41) is 0. The van der Waals surface area contributed by atoms with E-state index >= 15 is 0 Å². The summed E-state index contributed by atoms with van der Waals surface area (Å²) in [6, 6.07) is 4.15. The minimum atomic E-state index is -0.473. The van der Waals surface area contributed by atoms with Crippen molar-refractivity contribution in [3.8, 4) is 0 Å². The van der Waals surface area contributed by atoms with Gasteiger partial charge in [-0.05, 0) is 32.4 Å². The molecule has 1 fully saturated rings. The number of rotatable bonds is 1. The number of amides is 1. The number of hydrogen-bond acceptors (Lipinski definition) is 5. The van der Waals surface area contributed by atoms with Gasteiger partial charge in [0.25, 0.3) is 0 Å². The van der Waals surface area contributed by atoms with Gasteiger partial charge in [0.2, 0.25) is 0 Å². The first kappa shape index (κ1) is 17.0. The van der Waals surface area contributed by atoms with Crippen molar-refractivity contribution < 1.29 is 14.3 Å². The van der Waals surface area contributed by atoms with Crippen molar-refractivity contribution in [2.24, 2.45) is 0 Å². The van der Waals surface area contributed by atoms with E-state index < -0.39 is 5.60 Å². The number of carbonyl (C=O) groups excluding carboxylic acids is 1. The van der Waals surface area contributed by atoms with Gasteiger partial charge in [0, 0.05) is 25.6 Å². The lowest BCUT2D eigenvalue weighted by Gasteiger charge is -2.35. The monoisotopic (exact) mass is 333 g/mol. The zero-order valence-corrected chi connectivity index (χ0v) is 15.0. The Balaban J connectivity index is 1.75. The van der Waals surface area contributed by atoms with Gasteiger partial charge in [0.1, 0.15) is 11.4 Å². The Morgan fingerprint density at radius 1 is 1.29 bits per heavy atom. The number of ether oxygens (including phenoxy) is 2. The highest BCUT2D eigenvalue weighted by Crippen LogP contribution is 2.29. The lowest BCUT2D eigenvalue weighted by molar-refractivity contribution is 0.0207. The van der Waals surface area contributed by atoms with Crippen molar-refractivity contribution >= 4 is 11.9 Å². The van der Waals surface area contributed by atoms with Crippen molar-refractivity contribution in [2.75, 3.05) is 37.7 Å². The molecular formula is C18H27N3O3. The molecule has 0 unspecified atom stereocenters. The number of anilines is 1. The van der Waals surface area contributed by atoms with Gasteiger partial charge < -0.3 is 19.3 Å². The molecule has 0 saturated carbocycles. The highest BCUT2D eigenvalue weighted by molar-refractivity contribution is 5.69. The molecule has 132 valence electrons. The number of pyridine rings is 1. The van der Waals surface area contributed by atoms with Gasteiger partial charge in [-0.15, -0.1) is 0 Å². The number of fused-ring (bicyclic) bond motifs is 1. The Hall–Kier alpha value is -1.82. The molecule has 1 saturated heterocycles. The van der Waals surface area contributed by atoms with E-state index in [1.54, 1.807) is 4.90 Å². The smallest absolute Gasteiger partial charge is 0.410 e. The summed E-state index contributed by atoms with van der Waals surface area (Å²) in [5.41, 5.74) is 1.73. The Labute approximate surface area is 143 Å². The lowest BCUT2D eigenvalue weighted by Crippen LogP contribution is -2.42. The Morgan fingerprint density at radius 2 is 2.00 bits per heavy atom. The number of nitrogens with zero attached hydrogens (tertiary/aromatic N) is 3. The molecule has 0 aromatic carbocycles. The molecule has 6 nitrogen and oxygen atoms in total. The molecule has 6 heteroatoms. The van der Waals surface area contributed by atoms with Crippen molar-refractivity contribution in [1.29, 1.82) is 0 Å². The van der Waals surface area contributed by atoms with Gasteiger partial charge in [-0.3, -0.25) is 0 Å². The number of morpholine rings is 1. The van der Waals surface area contributed by atoms with Crippen LogP contribution >= 0.6 is 0 Å². The van der Waals surface area contributed by atoms with Crippen molar-refractivity contribution in [3.05, 3.63) is 23.4 Å². The van der Waals surface area contributed by atoms with Crippen LogP contribution in [0, 0.1) is 0 Å².